The van der Waals surface area contributed by atoms with Gasteiger partial charge in [-0.1, -0.05) is 42.5 Å². The summed E-state index contributed by atoms with van der Waals surface area (Å²) in [6.07, 6.45) is 8.52. The molecule has 1 aromatic rings. The average Bonchev–Trinajstić information content (AvgIpc) is 2.39. The topological polar surface area (TPSA) is 34.1 Å². The van der Waals surface area contributed by atoms with Gasteiger partial charge in [0.25, 0.3) is 0 Å². The van der Waals surface area contributed by atoms with Crippen molar-refractivity contribution >= 4 is 12.1 Å². The molecule has 16 heavy (non-hydrogen) atoms. The zero-order valence-corrected chi connectivity index (χ0v) is 8.85. The van der Waals surface area contributed by atoms with Crippen LogP contribution in [0.25, 0.3) is 0 Å². The second-order valence-corrected chi connectivity index (χ2v) is 3.71. The summed E-state index contributed by atoms with van der Waals surface area (Å²) in [6, 6.07) is 6.70. The van der Waals surface area contributed by atoms with Gasteiger partial charge in [0.05, 0.1) is 0 Å². The van der Waals surface area contributed by atoms with E-state index < -0.39 is 0 Å². The number of benzene rings is 1. The number of ketones is 1. The van der Waals surface area contributed by atoms with Crippen LogP contribution in [0.2, 0.25) is 0 Å². The molecular weight excluding hydrogens is 200 g/mol. The molecule has 2 rings (SSSR count). The van der Waals surface area contributed by atoms with Crippen LogP contribution in [0.4, 0.5) is 0 Å². The van der Waals surface area contributed by atoms with Crippen molar-refractivity contribution in [2.75, 3.05) is 0 Å². The lowest BCUT2D eigenvalue weighted by atomic mass is 9.98. The van der Waals surface area contributed by atoms with Crippen LogP contribution in [-0.2, 0) is 0 Å². The minimum Gasteiger partial charge on any atom is -0.298 e. The molecule has 0 heterocycles. The van der Waals surface area contributed by atoms with Crippen molar-refractivity contribution in [3.05, 3.63) is 59.2 Å². The molecule has 0 atom stereocenters. The Kier molecular flexibility index (Phi) is 3.10. The fourth-order valence-electron chi connectivity index (χ4n) is 1.66. The van der Waals surface area contributed by atoms with E-state index in [1.807, 2.05) is 18.2 Å². The highest BCUT2D eigenvalue weighted by Gasteiger charge is 2.10. The van der Waals surface area contributed by atoms with E-state index in [1.165, 1.54) is 0 Å². The second-order valence-electron chi connectivity index (χ2n) is 3.71. The maximum atomic E-state index is 12.0. The van der Waals surface area contributed by atoms with Crippen molar-refractivity contribution in [3.8, 4) is 0 Å². The first-order valence-corrected chi connectivity index (χ1v) is 5.28. The molecule has 0 unspecified atom stereocenters. The van der Waals surface area contributed by atoms with Crippen molar-refractivity contribution in [1.29, 1.82) is 0 Å². The van der Waals surface area contributed by atoms with Crippen LogP contribution in [0.5, 0.6) is 0 Å². The molecule has 0 fully saturated rings. The summed E-state index contributed by atoms with van der Waals surface area (Å²) in [7, 11) is 0. The summed E-state index contributed by atoms with van der Waals surface area (Å²) in [4.78, 5) is 22.5. The molecule has 1 aromatic carbocycles. The number of carbonyl (C=O) groups excluding carboxylic acids is 2. The third-order valence-electron chi connectivity index (χ3n) is 2.57. The van der Waals surface area contributed by atoms with Crippen LogP contribution in [0.1, 0.15) is 33.6 Å². The van der Waals surface area contributed by atoms with E-state index in [2.05, 4.69) is 0 Å². The Bertz CT molecular complexity index is 464. The molecule has 0 spiro atoms. The maximum absolute atomic E-state index is 12.0. The molecule has 0 N–H and O–H groups in total. The average molecular weight is 212 g/mol. The minimum atomic E-state index is 0.0217. The molecule has 0 saturated heterocycles. The van der Waals surface area contributed by atoms with Gasteiger partial charge in [0.15, 0.2) is 5.78 Å². The van der Waals surface area contributed by atoms with Gasteiger partial charge in [-0.2, -0.15) is 0 Å². The summed E-state index contributed by atoms with van der Waals surface area (Å²) in [5.74, 6) is 0.0217. The SMILES string of the molecule is O=Cc1ccc(C(=O)C2=CCCC=C2)cc1. The quantitative estimate of drug-likeness (QED) is 0.570. The largest absolute Gasteiger partial charge is 0.298 e. The van der Waals surface area contributed by atoms with E-state index in [4.69, 9.17) is 0 Å². The highest BCUT2D eigenvalue weighted by molar-refractivity contribution is 6.10. The molecule has 0 radical (unpaired) electrons. The van der Waals surface area contributed by atoms with E-state index >= 15 is 0 Å². The van der Waals surface area contributed by atoms with Crippen LogP contribution < -0.4 is 0 Å². The van der Waals surface area contributed by atoms with E-state index in [1.54, 1.807) is 24.3 Å². The van der Waals surface area contributed by atoms with Crippen molar-refractivity contribution in [3.63, 3.8) is 0 Å². The summed E-state index contributed by atoms with van der Waals surface area (Å²) >= 11 is 0. The zero-order chi connectivity index (χ0) is 11.4. The lowest BCUT2D eigenvalue weighted by molar-refractivity contribution is 0.103. The molecule has 2 heteroatoms. The molecule has 1 aliphatic carbocycles. The maximum Gasteiger partial charge on any atom is 0.192 e. The van der Waals surface area contributed by atoms with Crippen LogP contribution in [0, 0.1) is 0 Å². The first kappa shape index (κ1) is 10.6. The molecule has 2 nitrogen and oxygen atoms in total. The fraction of sp³-hybridized carbons (Fsp3) is 0.143. The Hall–Kier alpha value is -1.96. The summed E-state index contributed by atoms with van der Waals surface area (Å²) in [5, 5.41) is 0. The summed E-state index contributed by atoms with van der Waals surface area (Å²) in [6.45, 7) is 0. The van der Waals surface area contributed by atoms with Crippen molar-refractivity contribution < 1.29 is 9.59 Å². The van der Waals surface area contributed by atoms with Crippen LogP contribution in [0.3, 0.4) is 0 Å². The molecule has 0 aliphatic heterocycles. The number of rotatable bonds is 3. The Morgan fingerprint density at radius 2 is 1.88 bits per heavy atom. The van der Waals surface area contributed by atoms with Crippen LogP contribution >= 0.6 is 0 Å². The predicted octanol–water partition coefficient (Wildman–Crippen LogP) is 2.96. The number of aldehydes is 1. The number of allylic oxidation sites excluding steroid dienone is 4. The number of hydrogen-bond donors (Lipinski definition) is 0. The van der Waals surface area contributed by atoms with E-state index in [9.17, 15) is 9.59 Å². The Morgan fingerprint density at radius 3 is 2.44 bits per heavy atom. The molecule has 0 aromatic heterocycles. The lowest BCUT2D eigenvalue weighted by Gasteiger charge is -2.05. The first-order chi connectivity index (χ1) is 7.81. The van der Waals surface area contributed by atoms with E-state index in [0.29, 0.717) is 11.1 Å². The molecule has 0 amide bonds. The van der Waals surface area contributed by atoms with Gasteiger partial charge in [-0.25, -0.2) is 0 Å². The van der Waals surface area contributed by atoms with E-state index in [-0.39, 0.29) is 5.78 Å². The van der Waals surface area contributed by atoms with Gasteiger partial charge in [0.1, 0.15) is 6.29 Å². The van der Waals surface area contributed by atoms with E-state index in [0.717, 1.165) is 24.7 Å². The fourth-order valence-corrected chi connectivity index (χ4v) is 1.66. The lowest BCUT2D eigenvalue weighted by Crippen LogP contribution is -2.03. The molecule has 80 valence electrons. The van der Waals surface area contributed by atoms with Crippen LogP contribution in [0.15, 0.2) is 48.1 Å². The zero-order valence-electron chi connectivity index (χ0n) is 8.85. The smallest absolute Gasteiger partial charge is 0.192 e. The first-order valence-electron chi connectivity index (χ1n) is 5.28. The minimum absolute atomic E-state index is 0.0217. The number of hydrogen-bond acceptors (Lipinski definition) is 2. The summed E-state index contributed by atoms with van der Waals surface area (Å²) in [5.41, 5.74) is 1.96. The Balaban J connectivity index is 2.23. The van der Waals surface area contributed by atoms with Gasteiger partial charge in [-0.05, 0) is 12.8 Å². The van der Waals surface area contributed by atoms with Crippen molar-refractivity contribution in [1.82, 2.24) is 0 Å². The van der Waals surface area contributed by atoms with Crippen molar-refractivity contribution in [2.24, 2.45) is 0 Å². The number of carbonyl (C=O) groups is 2. The third-order valence-corrected chi connectivity index (χ3v) is 2.57. The molecule has 1 aliphatic rings. The third kappa shape index (κ3) is 2.16. The van der Waals surface area contributed by atoms with Gasteiger partial charge in [0.2, 0.25) is 0 Å². The van der Waals surface area contributed by atoms with Gasteiger partial charge in [0, 0.05) is 16.7 Å². The monoisotopic (exact) mass is 212 g/mol. The Labute approximate surface area is 94.3 Å². The normalized spacial score (nSPS) is 14.4. The predicted molar refractivity (Wildman–Crippen MR) is 62.6 cm³/mol. The second kappa shape index (κ2) is 4.71. The van der Waals surface area contributed by atoms with Gasteiger partial charge in [-0.3, -0.25) is 9.59 Å². The van der Waals surface area contributed by atoms with Crippen LogP contribution in [-0.4, -0.2) is 12.1 Å². The van der Waals surface area contributed by atoms with Gasteiger partial charge >= 0.3 is 0 Å². The molecular formula is C14H12O2. The van der Waals surface area contributed by atoms with Crippen molar-refractivity contribution in [2.45, 2.75) is 12.8 Å². The molecule has 0 saturated carbocycles. The highest BCUT2D eigenvalue weighted by atomic mass is 16.1. The van der Waals surface area contributed by atoms with Gasteiger partial charge < -0.3 is 0 Å². The molecule has 0 bridgehead atoms. The highest BCUT2D eigenvalue weighted by Crippen LogP contribution is 2.15. The number of Topliss-reactive ketones (excluding diaryl/α,β-unsaturated/α-hetero) is 1. The van der Waals surface area contributed by atoms with Gasteiger partial charge in [-0.15, -0.1) is 0 Å². The Morgan fingerprint density at radius 1 is 1.12 bits per heavy atom. The standard InChI is InChI=1S/C14H12O2/c15-10-11-6-8-13(9-7-11)14(16)12-4-2-1-3-5-12/h2,4-10H,1,3H2. The summed E-state index contributed by atoms with van der Waals surface area (Å²) < 4.78 is 0.